The van der Waals surface area contributed by atoms with Gasteiger partial charge >= 0.3 is 5.97 Å². The van der Waals surface area contributed by atoms with Gasteiger partial charge in [0.1, 0.15) is 5.75 Å². The smallest absolute Gasteiger partial charge is 0.331 e. The number of nitrogens with one attached hydrogen (secondary N) is 1. The van der Waals surface area contributed by atoms with Crippen LogP contribution in [0, 0.1) is 20.8 Å². The lowest BCUT2D eigenvalue weighted by Crippen LogP contribution is -2.30. The molecule has 0 heterocycles. The Morgan fingerprint density at radius 3 is 2.19 bits per heavy atom. The lowest BCUT2D eigenvalue weighted by molar-refractivity contribution is -0.148. The first kappa shape index (κ1) is 20.2. The van der Waals surface area contributed by atoms with E-state index in [0.29, 0.717) is 0 Å². The third-order valence-electron chi connectivity index (χ3n) is 4.12. The van der Waals surface area contributed by atoms with Crippen molar-refractivity contribution in [2.45, 2.75) is 33.8 Å². The van der Waals surface area contributed by atoms with Crippen LogP contribution in [0.15, 0.2) is 42.5 Å². The molecule has 142 valence electrons. The molecule has 0 bridgehead atoms. The largest absolute Gasteiger partial charge is 0.497 e. The predicted octanol–water partition coefficient (Wildman–Crippen LogP) is 4.20. The van der Waals surface area contributed by atoms with E-state index < -0.39 is 12.1 Å². The molecular formula is C22H25NO4. The maximum atomic E-state index is 12.4. The number of hydrogen-bond acceptors (Lipinski definition) is 4. The minimum absolute atomic E-state index is 0.365. The quantitative estimate of drug-likeness (QED) is 0.614. The van der Waals surface area contributed by atoms with E-state index in [1.807, 2.05) is 45.0 Å². The minimum atomic E-state index is -0.905. The number of hydrogen-bond donors (Lipinski definition) is 1. The molecule has 0 aliphatic heterocycles. The first-order valence-electron chi connectivity index (χ1n) is 8.71. The van der Waals surface area contributed by atoms with E-state index in [1.165, 1.54) is 6.08 Å². The van der Waals surface area contributed by atoms with Gasteiger partial charge in [-0.05, 0) is 62.6 Å². The van der Waals surface area contributed by atoms with Crippen LogP contribution in [0.1, 0.15) is 29.2 Å². The molecule has 0 saturated heterocycles. The van der Waals surface area contributed by atoms with Crippen molar-refractivity contribution < 1.29 is 19.1 Å². The molecule has 0 aliphatic rings. The van der Waals surface area contributed by atoms with Crippen LogP contribution in [0.5, 0.6) is 5.75 Å². The number of anilines is 1. The summed E-state index contributed by atoms with van der Waals surface area (Å²) in [5.74, 6) is -0.205. The summed E-state index contributed by atoms with van der Waals surface area (Å²) in [5, 5.41) is 2.84. The van der Waals surface area contributed by atoms with E-state index >= 15 is 0 Å². The molecule has 2 rings (SSSR count). The molecule has 1 amide bonds. The summed E-state index contributed by atoms with van der Waals surface area (Å²) in [6, 6.07) is 11.2. The zero-order chi connectivity index (χ0) is 20.0. The third-order valence-corrected chi connectivity index (χ3v) is 4.12. The summed E-state index contributed by atoms with van der Waals surface area (Å²) >= 11 is 0. The first-order valence-corrected chi connectivity index (χ1v) is 8.71. The van der Waals surface area contributed by atoms with E-state index in [2.05, 4.69) is 5.32 Å². The van der Waals surface area contributed by atoms with Crippen molar-refractivity contribution >= 4 is 23.6 Å². The molecule has 2 aromatic rings. The molecule has 0 fully saturated rings. The van der Waals surface area contributed by atoms with Crippen LogP contribution in [0.4, 0.5) is 5.69 Å². The topological polar surface area (TPSA) is 64.6 Å². The lowest BCUT2D eigenvalue weighted by Gasteiger charge is -2.16. The molecule has 1 N–H and O–H groups in total. The molecule has 0 aliphatic carbocycles. The van der Waals surface area contributed by atoms with Crippen molar-refractivity contribution in [3.63, 3.8) is 0 Å². The van der Waals surface area contributed by atoms with Crippen molar-refractivity contribution in [1.82, 2.24) is 0 Å². The Morgan fingerprint density at radius 2 is 1.63 bits per heavy atom. The summed E-state index contributed by atoms with van der Waals surface area (Å²) in [5.41, 5.74) is 4.65. The van der Waals surface area contributed by atoms with E-state index in [0.717, 1.165) is 33.7 Å². The number of benzene rings is 2. The van der Waals surface area contributed by atoms with Crippen molar-refractivity contribution in [3.05, 3.63) is 64.7 Å². The van der Waals surface area contributed by atoms with Gasteiger partial charge in [0.05, 0.1) is 7.11 Å². The van der Waals surface area contributed by atoms with Crippen LogP contribution in [-0.4, -0.2) is 25.1 Å². The maximum Gasteiger partial charge on any atom is 0.331 e. The summed E-state index contributed by atoms with van der Waals surface area (Å²) in [7, 11) is 1.59. The molecule has 5 heteroatoms. The Kier molecular flexibility index (Phi) is 6.77. The summed E-state index contributed by atoms with van der Waals surface area (Å²) in [6.07, 6.45) is 2.02. The first-order chi connectivity index (χ1) is 12.8. The van der Waals surface area contributed by atoms with Crippen molar-refractivity contribution in [1.29, 1.82) is 0 Å². The maximum absolute atomic E-state index is 12.4. The molecule has 0 radical (unpaired) electrons. The number of carbonyl (C=O) groups is 2. The molecule has 0 spiro atoms. The third kappa shape index (κ3) is 5.71. The SMILES string of the molecule is COc1ccc(/C=C/C(=O)O[C@@H](C)C(=O)Nc2c(C)cc(C)cc2C)cc1. The van der Waals surface area contributed by atoms with Gasteiger partial charge in [-0.25, -0.2) is 4.79 Å². The Balaban J connectivity index is 1.95. The van der Waals surface area contributed by atoms with Gasteiger partial charge in [-0.15, -0.1) is 0 Å². The van der Waals surface area contributed by atoms with Gasteiger partial charge in [0.15, 0.2) is 6.10 Å². The van der Waals surface area contributed by atoms with E-state index in [9.17, 15) is 9.59 Å². The van der Waals surface area contributed by atoms with Crippen LogP contribution in [0.3, 0.4) is 0 Å². The monoisotopic (exact) mass is 367 g/mol. The van der Waals surface area contributed by atoms with Gasteiger partial charge in [-0.2, -0.15) is 0 Å². The van der Waals surface area contributed by atoms with Gasteiger partial charge in [-0.1, -0.05) is 29.8 Å². The number of aryl methyl sites for hydroxylation is 3. The van der Waals surface area contributed by atoms with Gasteiger partial charge < -0.3 is 14.8 Å². The highest BCUT2D eigenvalue weighted by Gasteiger charge is 2.18. The number of rotatable bonds is 6. The summed E-state index contributed by atoms with van der Waals surface area (Å²) in [6.45, 7) is 7.42. The van der Waals surface area contributed by atoms with Crippen LogP contribution >= 0.6 is 0 Å². The standard InChI is InChI=1S/C22H25NO4/c1-14-12-15(2)21(16(3)13-14)23-22(25)17(4)27-20(24)11-8-18-6-9-19(26-5)10-7-18/h6-13,17H,1-5H3,(H,23,25)/b11-8+/t17-/m0/s1. The second-order valence-corrected chi connectivity index (χ2v) is 6.45. The number of amides is 1. The van der Waals surface area contributed by atoms with Crippen molar-refractivity contribution in [2.24, 2.45) is 0 Å². The number of esters is 1. The van der Waals surface area contributed by atoms with Crippen molar-refractivity contribution in [2.75, 3.05) is 12.4 Å². The minimum Gasteiger partial charge on any atom is -0.497 e. The van der Waals surface area contributed by atoms with Gasteiger partial charge in [0.2, 0.25) is 0 Å². The molecule has 27 heavy (non-hydrogen) atoms. The molecule has 0 aromatic heterocycles. The van der Waals surface area contributed by atoms with Gasteiger partial charge in [-0.3, -0.25) is 4.79 Å². The fraction of sp³-hybridized carbons (Fsp3) is 0.273. The fourth-order valence-corrected chi connectivity index (χ4v) is 2.75. The molecule has 5 nitrogen and oxygen atoms in total. The van der Waals surface area contributed by atoms with Crippen LogP contribution < -0.4 is 10.1 Å². The number of ether oxygens (including phenoxy) is 2. The second kappa shape index (κ2) is 9.03. The Bertz CT molecular complexity index is 830. The van der Waals surface area contributed by atoms with Gasteiger partial charge in [0.25, 0.3) is 5.91 Å². The van der Waals surface area contributed by atoms with E-state index in [-0.39, 0.29) is 5.91 Å². The zero-order valence-corrected chi connectivity index (χ0v) is 16.3. The summed E-state index contributed by atoms with van der Waals surface area (Å²) in [4.78, 5) is 24.3. The van der Waals surface area contributed by atoms with Crippen LogP contribution in [0.25, 0.3) is 6.08 Å². The number of carbonyl (C=O) groups excluding carboxylic acids is 2. The highest BCUT2D eigenvalue weighted by molar-refractivity contribution is 5.97. The van der Waals surface area contributed by atoms with E-state index in [1.54, 1.807) is 32.2 Å². The van der Waals surface area contributed by atoms with Crippen molar-refractivity contribution in [3.8, 4) is 5.75 Å². The predicted molar refractivity (Wildman–Crippen MR) is 107 cm³/mol. The molecule has 2 aromatic carbocycles. The fourth-order valence-electron chi connectivity index (χ4n) is 2.75. The highest BCUT2D eigenvalue weighted by atomic mass is 16.5. The molecule has 0 saturated carbocycles. The Morgan fingerprint density at radius 1 is 1.04 bits per heavy atom. The van der Waals surface area contributed by atoms with Crippen LogP contribution in [0.2, 0.25) is 0 Å². The normalized spacial score (nSPS) is 11.9. The van der Waals surface area contributed by atoms with Crippen LogP contribution in [-0.2, 0) is 14.3 Å². The average Bonchev–Trinajstić information content (AvgIpc) is 2.63. The lowest BCUT2D eigenvalue weighted by atomic mass is 10.0. The van der Waals surface area contributed by atoms with E-state index in [4.69, 9.17) is 9.47 Å². The Hall–Kier alpha value is -3.08. The molecule has 0 unspecified atom stereocenters. The average molecular weight is 367 g/mol. The highest BCUT2D eigenvalue weighted by Crippen LogP contribution is 2.22. The molecule has 1 atom stereocenters. The number of methoxy groups -OCH3 is 1. The van der Waals surface area contributed by atoms with Gasteiger partial charge in [0, 0.05) is 11.8 Å². The summed E-state index contributed by atoms with van der Waals surface area (Å²) < 4.78 is 10.3. The second-order valence-electron chi connectivity index (χ2n) is 6.45. The Labute approximate surface area is 160 Å². The molecular weight excluding hydrogens is 342 g/mol. The zero-order valence-electron chi connectivity index (χ0n) is 16.3.